The van der Waals surface area contributed by atoms with Gasteiger partial charge < -0.3 is 4.74 Å². The molecule has 1 aromatic heterocycles. The summed E-state index contributed by atoms with van der Waals surface area (Å²) in [5.74, 6) is -1.27. The van der Waals surface area contributed by atoms with Crippen molar-refractivity contribution in [3.63, 3.8) is 0 Å². The third-order valence-electron chi connectivity index (χ3n) is 2.06. The Morgan fingerprint density at radius 2 is 2.11 bits per heavy atom. The lowest BCUT2D eigenvalue weighted by molar-refractivity contribution is 0.380. The zero-order valence-corrected chi connectivity index (χ0v) is 11.2. The van der Waals surface area contributed by atoms with Crippen LogP contribution < -0.4 is 9.04 Å². The summed E-state index contributed by atoms with van der Waals surface area (Å²) in [6.45, 7) is 0. The van der Waals surface area contributed by atoms with Crippen LogP contribution >= 0.6 is 23.5 Å². The first kappa shape index (κ1) is 13.0. The van der Waals surface area contributed by atoms with E-state index >= 15 is 0 Å². The van der Waals surface area contributed by atoms with Gasteiger partial charge in [-0.05, 0) is 18.0 Å². The first-order valence-corrected chi connectivity index (χ1v) is 6.38. The minimum absolute atomic E-state index is 0.115. The van der Waals surface area contributed by atoms with Crippen molar-refractivity contribution < 1.29 is 13.5 Å². The molecule has 0 saturated heterocycles. The number of aromatic nitrogens is 2. The number of ether oxygens (including phenoxy) is 1. The first-order valence-electron chi connectivity index (χ1n) is 4.83. The largest absolute Gasteiger partial charge is 0.494 e. The highest BCUT2D eigenvalue weighted by atomic mass is 32.2. The van der Waals surface area contributed by atoms with E-state index in [4.69, 9.17) is 4.74 Å². The van der Waals surface area contributed by atoms with Gasteiger partial charge in [0.25, 0.3) is 0 Å². The summed E-state index contributed by atoms with van der Waals surface area (Å²) in [4.78, 5) is 4.13. The van der Waals surface area contributed by atoms with E-state index in [0.29, 0.717) is 5.13 Å². The number of rotatable bonds is 4. The van der Waals surface area contributed by atoms with Gasteiger partial charge in [-0.2, -0.15) is 4.37 Å². The second-order valence-electron chi connectivity index (χ2n) is 3.23. The predicted molar refractivity (Wildman–Crippen MR) is 67.1 cm³/mol. The smallest absolute Gasteiger partial charge is 0.214 e. The van der Waals surface area contributed by atoms with Crippen LogP contribution in [0.15, 0.2) is 23.4 Å². The van der Waals surface area contributed by atoms with E-state index < -0.39 is 11.6 Å². The third kappa shape index (κ3) is 2.70. The van der Waals surface area contributed by atoms with Crippen LogP contribution in [0.25, 0.3) is 0 Å². The minimum Gasteiger partial charge on any atom is -0.494 e. The SMILES string of the molecule is COc1cc(F)c(SN(C)c2ncns2)cc1F. The van der Waals surface area contributed by atoms with Crippen LogP contribution in [-0.4, -0.2) is 23.5 Å². The lowest BCUT2D eigenvalue weighted by atomic mass is 10.3. The van der Waals surface area contributed by atoms with Gasteiger partial charge in [0.05, 0.1) is 12.0 Å². The van der Waals surface area contributed by atoms with Crippen LogP contribution in [0.4, 0.5) is 13.9 Å². The highest BCUT2D eigenvalue weighted by Gasteiger charge is 2.14. The number of anilines is 1. The Labute approximate surface area is 111 Å². The molecule has 0 bridgehead atoms. The first-order chi connectivity index (χ1) is 8.61. The average molecular weight is 289 g/mol. The normalized spacial score (nSPS) is 10.4. The highest BCUT2D eigenvalue weighted by Crippen LogP contribution is 2.32. The van der Waals surface area contributed by atoms with Crippen LogP contribution in [0.5, 0.6) is 5.75 Å². The Morgan fingerprint density at radius 1 is 1.33 bits per heavy atom. The second-order valence-corrected chi connectivity index (χ2v) is 5.16. The molecule has 4 nitrogen and oxygen atoms in total. The zero-order chi connectivity index (χ0) is 13.1. The minimum atomic E-state index is -0.605. The molecular formula is C10H9F2N3OS2. The Balaban J connectivity index is 2.22. The molecule has 18 heavy (non-hydrogen) atoms. The molecule has 0 aliphatic rings. The van der Waals surface area contributed by atoms with Crippen molar-refractivity contribution in [3.05, 3.63) is 30.1 Å². The second kappa shape index (κ2) is 5.49. The molecule has 2 aromatic rings. The molecule has 8 heteroatoms. The molecular weight excluding hydrogens is 280 g/mol. The summed E-state index contributed by atoms with van der Waals surface area (Å²) in [7, 11) is 2.99. The van der Waals surface area contributed by atoms with Crippen molar-refractivity contribution in [2.45, 2.75) is 4.90 Å². The standard InChI is InChI=1S/C10H9F2N3OS2/c1-15(10-13-5-14-17-10)18-9-4-6(11)8(16-2)3-7(9)12/h3-5H,1-2H3. The monoisotopic (exact) mass is 289 g/mol. The average Bonchev–Trinajstić information content (AvgIpc) is 2.87. The molecule has 0 spiro atoms. The van der Waals surface area contributed by atoms with Crippen molar-refractivity contribution in [2.24, 2.45) is 0 Å². The topological polar surface area (TPSA) is 38.2 Å². The van der Waals surface area contributed by atoms with E-state index in [0.717, 1.165) is 24.1 Å². The van der Waals surface area contributed by atoms with E-state index in [2.05, 4.69) is 9.36 Å². The van der Waals surface area contributed by atoms with Crippen molar-refractivity contribution in [3.8, 4) is 5.75 Å². The van der Waals surface area contributed by atoms with Gasteiger partial charge in [0.2, 0.25) is 5.13 Å². The van der Waals surface area contributed by atoms with E-state index in [1.165, 1.54) is 25.0 Å². The van der Waals surface area contributed by atoms with Crippen LogP contribution in [0.2, 0.25) is 0 Å². The van der Waals surface area contributed by atoms with E-state index in [1.807, 2.05) is 0 Å². The predicted octanol–water partition coefficient (Wildman–Crippen LogP) is 2.97. The van der Waals surface area contributed by atoms with Crippen LogP contribution in [0.3, 0.4) is 0 Å². The van der Waals surface area contributed by atoms with Gasteiger partial charge in [-0.15, -0.1) is 0 Å². The summed E-state index contributed by atoms with van der Waals surface area (Å²) in [6, 6.07) is 2.11. The quantitative estimate of drug-likeness (QED) is 0.809. The van der Waals surface area contributed by atoms with E-state index in [1.54, 1.807) is 11.4 Å². The number of benzene rings is 1. The van der Waals surface area contributed by atoms with Crippen LogP contribution in [-0.2, 0) is 0 Å². The Hall–Kier alpha value is -1.41. The van der Waals surface area contributed by atoms with E-state index in [9.17, 15) is 8.78 Å². The molecule has 0 aliphatic heterocycles. The van der Waals surface area contributed by atoms with Crippen molar-refractivity contribution in [2.75, 3.05) is 18.5 Å². The van der Waals surface area contributed by atoms with Crippen molar-refractivity contribution in [1.29, 1.82) is 0 Å². The molecule has 2 rings (SSSR count). The van der Waals surface area contributed by atoms with Gasteiger partial charge in [0, 0.05) is 24.6 Å². The highest BCUT2D eigenvalue weighted by molar-refractivity contribution is 8.00. The maximum Gasteiger partial charge on any atom is 0.214 e. The molecule has 0 saturated carbocycles. The fraction of sp³-hybridized carbons (Fsp3) is 0.200. The Morgan fingerprint density at radius 3 is 2.72 bits per heavy atom. The summed E-state index contributed by atoms with van der Waals surface area (Å²) in [5, 5.41) is 0.607. The molecule has 1 heterocycles. The lowest BCUT2D eigenvalue weighted by Gasteiger charge is -2.14. The van der Waals surface area contributed by atoms with Gasteiger partial charge in [-0.1, -0.05) is 0 Å². The molecule has 0 radical (unpaired) electrons. The number of nitrogens with zero attached hydrogens (tertiary/aromatic N) is 3. The molecule has 0 unspecified atom stereocenters. The Kier molecular flexibility index (Phi) is 3.97. The maximum atomic E-state index is 13.7. The zero-order valence-electron chi connectivity index (χ0n) is 9.55. The van der Waals surface area contributed by atoms with Gasteiger partial charge in [-0.3, -0.25) is 4.31 Å². The summed E-state index contributed by atoms with van der Waals surface area (Å²) < 4.78 is 37.3. The molecule has 96 valence electrons. The number of halogens is 2. The third-order valence-corrected chi connectivity index (χ3v) is 3.87. The fourth-order valence-electron chi connectivity index (χ4n) is 1.23. The molecule has 0 atom stereocenters. The van der Waals surface area contributed by atoms with Gasteiger partial charge in [0.1, 0.15) is 12.1 Å². The van der Waals surface area contributed by atoms with Crippen molar-refractivity contribution >= 4 is 28.6 Å². The number of methoxy groups -OCH3 is 1. The number of hydrogen-bond acceptors (Lipinski definition) is 6. The fourth-order valence-corrected chi connectivity index (χ4v) is 2.56. The lowest BCUT2D eigenvalue weighted by Crippen LogP contribution is -2.06. The summed E-state index contributed by atoms with van der Waals surface area (Å²) in [6.07, 6.45) is 1.40. The van der Waals surface area contributed by atoms with Gasteiger partial charge in [0.15, 0.2) is 11.6 Å². The molecule has 0 aliphatic carbocycles. The molecule has 1 aromatic carbocycles. The summed E-state index contributed by atoms with van der Waals surface area (Å²) in [5.41, 5.74) is 0. The summed E-state index contributed by atoms with van der Waals surface area (Å²) >= 11 is 2.20. The molecule has 0 amide bonds. The van der Waals surface area contributed by atoms with Gasteiger partial charge in [-0.25, -0.2) is 13.8 Å². The van der Waals surface area contributed by atoms with Crippen LogP contribution in [0.1, 0.15) is 0 Å². The van der Waals surface area contributed by atoms with Crippen molar-refractivity contribution in [1.82, 2.24) is 9.36 Å². The maximum absolute atomic E-state index is 13.7. The Bertz CT molecular complexity index is 536. The van der Waals surface area contributed by atoms with E-state index in [-0.39, 0.29) is 10.6 Å². The molecule has 0 fully saturated rings. The molecule has 0 N–H and O–H groups in total. The van der Waals surface area contributed by atoms with Crippen LogP contribution in [0, 0.1) is 11.6 Å². The number of hydrogen-bond donors (Lipinski definition) is 0. The van der Waals surface area contributed by atoms with Gasteiger partial charge >= 0.3 is 0 Å².